The van der Waals surface area contributed by atoms with Crippen LogP contribution < -0.4 is 10.6 Å². The van der Waals surface area contributed by atoms with E-state index in [9.17, 15) is 4.79 Å². The highest BCUT2D eigenvalue weighted by molar-refractivity contribution is 5.95. The average molecular weight is 318 g/mol. The Bertz CT molecular complexity index is 908. The van der Waals surface area contributed by atoms with Gasteiger partial charge in [0.05, 0.1) is 11.4 Å². The van der Waals surface area contributed by atoms with E-state index in [2.05, 4.69) is 15.6 Å². The van der Waals surface area contributed by atoms with Crippen molar-refractivity contribution in [3.8, 4) is 11.3 Å². The highest BCUT2D eigenvalue weighted by Gasteiger charge is 2.56. The molecule has 2 fully saturated rings. The fraction of sp³-hybridized carbons (Fsp3) is 0.263. The molecule has 1 amide bonds. The molecule has 2 N–H and O–H groups in total. The number of piperidine rings is 1. The smallest absolute Gasteiger partial charge is 0.228 e. The van der Waals surface area contributed by atoms with E-state index in [1.54, 1.807) is 0 Å². The number of nitrogens with zero attached hydrogens (tertiary/aromatic N) is 2. The lowest BCUT2D eigenvalue weighted by molar-refractivity contribution is -0.118. The molecule has 5 rings (SSSR count). The van der Waals surface area contributed by atoms with Crippen LogP contribution in [0.1, 0.15) is 0 Å². The number of fused-ring (bicyclic) bond motifs is 2. The van der Waals surface area contributed by atoms with Crippen LogP contribution in [-0.2, 0) is 4.79 Å². The van der Waals surface area contributed by atoms with E-state index in [0.29, 0.717) is 11.8 Å². The van der Waals surface area contributed by atoms with Crippen LogP contribution in [0.25, 0.3) is 16.9 Å². The third-order valence-electron chi connectivity index (χ3n) is 5.18. The number of pyridine rings is 1. The van der Waals surface area contributed by atoms with Crippen LogP contribution in [0.15, 0.2) is 54.9 Å². The lowest BCUT2D eigenvalue weighted by atomic mass is 10.2. The van der Waals surface area contributed by atoms with E-state index >= 15 is 0 Å². The van der Waals surface area contributed by atoms with Crippen molar-refractivity contribution in [3.05, 3.63) is 54.9 Å². The molecule has 1 aliphatic carbocycles. The lowest BCUT2D eigenvalue weighted by Gasteiger charge is -2.07. The number of carbonyl (C=O) groups is 1. The molecule has 3 aromatic rings. The van der Waals surface area contributed by atoms with E-state index in [0.717, 1.165) is 35.7 Å². The minimum Gasteiger partial charge on any atom is -0.325 e. The summed E-state index contributed by atoms with van der Waals surface area (Å²) in [6, 6.07) is 14.0. The maximum absolute atomic E-state index is 12.4. The van der Waals surface area contributed by atoms with Crippen molar-refractivity contribution in [2.45, 2.75) is 0 Å². The van der Waals surface area contributed by atoms with Crippen LogP contribution in [0.3, 0.4) is 0 Å². The van der Waals surface area contributed by atoms with E-state index in [-0.39, 0.29) is 11.8 Å². The summed E-state index contributed by atoms with van der Waals surface area (Å²) in [5.41, 5.74) is 3.72. The second-order valence-electron chi connectivity index (χ2n) is 6.68. The number of hydrogen-bond acceptors (Lipinski definition) is 3. The Kier molecular flexibility index (Phi) is 2.97. The van der Waals surface area contributed by atoms with Gasteiger partial charge in [0.25, 0.3) is 0 Å². The number of nitrogens with one attached hydrogen (secondary N) is 2. The van der Waals surface area contributed by atoms with E-state index in [1.807, 2.05) is 59.3 Å². The summed E-state index contributed by atoms with van der Waals surface area (Å²) in [5, 5.41) is 6.38. The fourth-order valence-electron chi connectivity index (χ4n) is 3.85. The van der Waals surface area contributed by atoms with Crippen LogP contribution in [0.4, 0.5) is 5.69 Å². The maximum atomic E-state index is 12.4. The summed E-state index contributed by atoms with van der Waals surface area (Å²) in [4.78, 5) is 17.0. The largest absolute Gasteiger partial charge is 0.325 e. The third kappa shape index (κ3) is 2.20. The summed E-state index contributed by atoms with van der Waals surface area (Å²) in [5.74, 6) is 1.40. The zero-order chi connectivity index (χ0) is 16.1. The molecular formula is C19H18N4O. The second-order valence-corrected chi connectivity index (χ2v) is 6.68. The Morgan fingerprint density at radius 3 is 2.67 bits per heavy atom. The number of rotatable bonds is 3. The van der Waals surface area contributed by atoms with Gasteiger partial charge in [0, 0.05) is 23.9 Å². The predicted molar refractivity (Wildman–Crippen MR) is 92.6 cm³/mol. The monoisotopic (exact) mass is 318 g/mol. The molecule has 24 heavy (non-hydrogen) atoms. The number of carbonyl (C=O) groups excluding carboxylic acids is 1. The molecule has 1 aromatic carbocycles. The molecule has 2 aromatic heterocycles. The SMILES string of the molecule is O=C(Nc1ccc2nc(-c3ccccc3)cn2c1)C1[C@H]2CNC[C@@H]12. The summed E-state index contributed by atoms with van der Waals surface area (Å²) in [6.07, 6.45) is 3.93. The zero-order valence-corrected chi connectivity index (χ0v) is 13.1. The number of amides is 1. The van der Waals surface area contributed by atoms with Crippen LogP contribution in [0, 0.1) is 17.8 Å². The molecule has 5 heteroatoms. The van der Waals surface area contributed by atoms with Crippen LogP contribution in [0.5, 0.6) is 0 Å². The minimum absolute atomic E-state index is 0.147. The van der Waals surface area contributed by atoms with Gasteiger partial charge in [0.1, 0.15) is 5.65 Å². The van der Waals surface area contributed by atoms with Gasteiger partial charge < -0.3 is 15.0 Å². The van der Waals surface area contributed by atoms with Gasteiger partial charge in [-0.25, -0.2) is 4.98 Å². The lowest BCUT2D eigenvalue weighted by Crippen LogP contribution is -2.23. The summed E-state index contributed by atoms with van der Waals surface area (Å²) < 4.78 is 1.97. The van der Waals surface area contributed by atoms with Crippen molar-refractivity contribution in [1.29, 1.82) is 0 Å². The molecule has 5 nitrogen and oxygen atoms in total. The van der Waals surface area contributed by atoms with E-state index in [1.165, 1.54) is 0 Å². The van der Waals surface area contributed by atoms with Crippen molar-refractivity contribution >= 4 is 17.2 Å². The van der Waals surface area contributed by atoms with Crippen molar-refractivity contribution in [1.82, 2.24) is 14.7 Å². The molecule has 1 aliphatic heterocycles. The van der Waals surface area contributed by atoms with Crippen LogP contribution in [-0.4, -0.2) is 28.4 Å². The van der Waals surface area contributed by atoms with Crippen LogP contribution in [0.2, 0.25) is 0 Å². The predicted octanol–water partition coefficient (Wildman–Crippen LogP) is 2.41. The summed E-state index contributed by atoms with van der Waals surface area (Å²) in [7, 11) is 0. The van der Waals surface area contributed by atoms with Crippen molar-refractivity contribution in [2.24, 2.45) is 17.8 Å². The molecule has 0 spiro atoms. The molecule has 3 atom stereocenters. The first kappa shape index (κ1) is 13.7. The van der Waals surface area contributed by atoms with E-state index < -0.39 is 0 Å². The molecule has 1 saturated carbocycles. The number of imidazole rings is 1. The van der Waals surface area contributed by atoms with Gasteiger partial charge in [-0.1, -0.05) is 30.3 Å². The molecule has 120 valence electrons. The highest BCUT2D eigenvalue weighted by Crippen LogP contribution is 2.49. The van der Waals surface area contributed by atoms with Crippen molar-refractivity contribution in [2.75, 3.05) is 18.4 Å². The normalized spacial score (nSPS) is 24.8. The molecule has 1 saturated heterocycles. The van der Waals surface area contributed by atoms with Gasteiger partial charge in [-0.2, -0.15) is 0 Å². The van der Waals surface area contributed by atoms with Crippen molar-refractivity contribution < 1.29 is 4.79 Å². The molecular weight excluding hydrogens is 300 g/mol. The molecule has 1 unspecified atom stereocenters. The summed E-state index contributed by atoms with van der Waals surface area (Å²) in [6.45, 7) is 1.95. The van der Waals surface area contributed by atoms with Crippen LogP contribution >= 0.6 is 0 Å². The first-order chi connectivity index (χ1) is 11.8. The topological polar surface area (TPSA) is 58.4 Å². The Morgan fingerprint density at radius 1 is 1.08 bits per heavy atom. The van der Waals surface area contributed by atoms with Crippen molar-refractivity contribution in [3.63, 3.8) is 0 Å². The Balaban J connectivity index is 1.39. The average Bonchev–Trinajstić information content (AvgIpc) is 2.97. The zero-order valence-electron chi connectivity index (χ0n) is 13.1. The number of benzene rings is 1. The first-order valence-electron chi connectivity index (χ1n) is 8.35. The van der Waals surface area contributed by atoms with Gasteiger partial charge in [0.2, 0.25) is 5.91 Å². The quantitative estimate of drug-likeness (QED) is 0.780. The first-order valence-corrected chi connectivity index (χ1v) is 8.35. The maximum Gasteiger partial charge on any atom is 0.228 e. The van der Waals surface area contributed by atoms with Gasteiger partial charge in [0.15, 0.2) is 0 Å². The highest BCUT2D eigenvalue weighted by atomic mass is 16.2. The molecule has 0 radical (unpaired) electrons. The second kappa shape index (κ2) is 5.18. The number of anilines is 1. The van der Waals surface area contributed by atoms with Gasteiger partial charge >= 0.3 is 0 Å². The summed E-state index contributed by atoms with van der Waals surface area (Å²) >= 11 is 0. The third-order valence-corrected chi connectivity index (χ3v) is 5.18. The molecule has 0 bridgehead atoms. The standard InChI is InChI=1S/C19H18N4O/c24-19(18-14-8-20-9-15(14)18)21-13-6-7-17-22-16(11-23(17)10-13)12-4-2-1-3-5-12/h1-7,10-11,14-15,18,20H,8-9H2,(H,21,24)/t14-,15+,18?. The molecule has 2 aliphatic rings. The Labute approximate surface area is 139 Å². The van der Waals surface area contributed by atoms with E-state index in [4.69, 9.17) is 0 Å². The number of hydrogen-bond donors (Lipinski definition) is 2. The Morgan fingerprint density at radius 2 is 1.88 bits per heavy atom. The van der Waals surface area contributed by atoms with Gasteiger partial charge in [-0.15, -0.1) is 0 Å². The van der Waals surface area contributed by atoms with Gasteiger partial charge in [-0.05, 0) is 37.1 Å². The van der Waals surface area contributed by atoms with Gasteiger partial charge in [-0.3, -0.25) is 4.79 Å². The Hall–Kier alpha value is -2.66. The number of aromatic nitrogens is 2. The fourth-order valence-corrected chi connectivity index (χ4v) is 3.85. The minimum atomic E-state index is 0.147. The molecule has 3 heterocycles.